The van der Waals surface area contributed by atoms with Crippen LogP contribution in [0.15, 0.2) is 29.6 Å². The highest BCUT2D eigenvalue weighted by Gasteiger charge is 2.11. The SMILES string of the molecule is COc1ccccc1OCc1csc(CNC(C)(C)C)n1. The minimum Gasteiger partial charge on any atom is -0.493 e. The molecule has 0 unspecified atom stereocenters. The van der Waals surface area contributed by atoms with E-state index in [9.17, 15) is 0 Å². The highest BCUT2D eigenvalue weighted by molar-refractivity contribution is 7.09. The van der Waals surface area contributed by atoms with Crippen molar-refractivity contribution in [2.45, 2.75) is 39.5 Å². The van der Waals surface area contributed by atoms with Crippen LogP contribution < -0.4 is 14.8 Å². The van der Waals surface area contributed by atoms with Crippen LogP contribution in [0.3, 0.4) is 0 Å². The Morgan fingerprint density at radius 3 is 2.57 bits per heavy atom. The molecule has 0 bridgehead atoms. The number of para-hydroxylation sites is 2. The molecule has 0 fully saturated rings. The van der Waals surface area contributed by atoms with Gasteiger partial charge in [0.15, 0.2) is 11.5 Å². The van der Waals surface area contributed by atoms with E-state index in [4.69, 9.17) is 9.47 Å². The number of ether oxygens (including phenoxy) is 2. The maximum Gasteiger partial charge on any atom is 0.161 e. The maximum atomic E-state index is 5.77. The quantitative estimate of drug-likeness (QED) is 0.885. The Balaban J connectivity index is 1.91. The van der Waals surface area contributed by atoms with Crippen LogP contribution in [0.5, 0.6) is 11.5 Å². The van der Waals surface area contributed by atoms with Crippen molar-refractivity contribution < 1.29 is 9.47 Å². The lowest BCUT2D eigenvalue weighted by Crippen LogP contribution is -2.35. The second-order valence-corrected chi connectivity index (χ2v) is 6.72. The zero-order valence-electron chi connectivity index (χ0n) is 13.0. The molecule has 1 aromatic heterocycles. The van der Waals surface area contributed by atoms with Gasteiger partial charge in [-0.2, -0.15) is 0 Å². The van der Waals surface area contributed by atoms with Gasteiger partial charge in [0, 0.05) is 17.5 Å². The number of benzene rings is 1. The van der Waals surface area contributed by atoms with Crippen molar-refractivity contribution in [2.24, 2.45) is 0 Å². The Kier molecular flexibility index (Phi) is 5.20. The number of thiazole rings is 1. The van der Waals surface area contributed by atoms with Crippen molar-refractivity contribution in [3.8, 4) is 11.5 Å². The molecule has 2 rings (SSSR count). The average molecular weight is 306 g/mol. The van der Waals surface area contributed by atoms with Crippen molar-refractivity contribution in [1.29, 1.82) is 0 Å². The molecule has 114 valence electrons. The van der Waals surface area contributed by atoms with Crippen LogP contribution in [-0.4, -0.2) is 17.6 Å². The van der Waals surface area contributed by atoms with Crippen LogP contribution in [0, 0.1) is 0 Å². The molecule has 0 aliphatic heterocycles. The molecule has 0 saturated carbocycles. The lowest BCUT2D eigenvalue weighted by molar-refractivity contribution is 0.281. The van der Waals surface area contributed by atoms with Gasteiger partial charge in [-0.3, -0.25) is 0 Å². The fourth-order valence-corrected chi connectivity index (χ4v) is 2.45. The van der Waals surface area contributed by atoms with E-state index in [-0.39, 0.29) is 5.54 Å². The Bertz CT molecular complexity index is 576. The number of nitrogens with zero attached hydrogens (tertiary/aromatic N) is 1. The number of hydrogen-bond donors (Lipinski definition) is 1. The second-order valence-electron chi connectivity index (χ2n) is 5.78. The van der Waals surface area contributed by atoms with Gasteiger partial charge in [0.1, 0.15) is 11.6 Å². The first kappa shape index (κ1) is 15.8. The highest BCUT2D eigenvalue weighted by atomic mass is 32.1. The van der Waals surface area contributed by atoms with Crippen molar-refractivity contribution in [3.63, 3.8) is 0 Å². The molecular formula is C16H22N2O2S. The third-order valence-corrected chi connectivity index (χ3v) is 3.71. The molecule has 2 aromatic rings. The fourth-order valence-electron chi connectivity index (χ4n) is 1.73. The third kappa shape index (κ3) is 5.02. The van der Waals surface area contributed by atoms with Gasteiger partial charge < -0.3 is 14.8 Å². The lowest BCUT2D eigenvalue weighted by Gasteiger charge is -2.19. The molecule has 1 aromatic carbocycles. The molecule has 0 amide bonds. The largest absolute Gasteiger partial charge is 0.493 e. The first-order chi connectivity index (χ1) is 9.98. The van der Waals surface area contributed by atoms with Crippen LogP contribution in [0.1, 0.15) is 31.5 Å². The zero-order chi connectivity index (χ0) is 15.3. The van der Waals surface area contributed by atoms with E-state index in [1.807, 2.05) is 29.6 Å². The highest BCUT2D eigenvalue weighted by Crippen LogP contribution is 2.26. The van der Waals surface area contributed by atoms with Crippen LogP contribution in [0.2, 0.25) is 0 Å². The van der Waals surface area contributed by atoms with Crippen molar-refractivity contribution in [1.82, 2.24) is 10.3 Å². The number of rotatable bonds is 6. The normalized spacial score (nSPS) is 11.4. The summed E-state index contributed by atoms with van der Waals surface area (Å²) in [5.74, 6) is 1.48. The van der Waals surface area contributed by atoms with Crippen molar-refractivity contribution >= 4 is 11.3 Å². The van der Waals surface area contributed by atoms with E-state index in [1.165, 1.54) is 0 Å². The molecule has 0 atom stereocenters. The second kappa shape index (κ2) is 6.91. The summed E-state index contributed by atoms with van der Waals surface area (Å²) < 4.78 is 11.0. The molecule has 4 nitrogen and oxygen atoms in total. The minimum absolute atomic E-state index is 0.0970. The summed E-state index contributed by atoms with van der Waals surface area (Å²) in [5, 5.41) is 6.54. The third-order valence-electron chi connectivity index (χ3n) is 2.81. The van der Waals surface area contributed by atoms with Gasteiger partial charge in [-0.15, -0.1) is 11.3 Å². The van der Waals surface area contributed by atoms with E-state index in [0.29, 0.717) is 6.61 Å². The fraction of sp³-hybridized carbons (Fsp3) is 0.438. The van der Waals surface area contributed by atoms with Gasteiger partial charge in [-0.05, 0) is 32.9 Å². The van der Waals surface area contributed by atoms with E-state index in [0.717, 1.165) is 28.7 Å². The molecule has 21 heavy (non-hydrogen) atoms. The van der Waals surface area contributed by atoms with Crippen LogP contribution in [0.25, 0.3) is 0 Å². The summed E-state index contributed by atoms with van der Waals surface area (Å²) in [5.41, 5.74) is 1.04. The first-order valence-electron chi connectivity index (χ1n) is 6.92. The topological polar surface area (TPSA) is 43.4 Å². The molecule has 0 radical (unpaired) electrons. The van der Waals surface area contributed by atoms with Gasteiger partial charge in [0.25, 0.3) is 0 Å². The van der Waals surface area contributed by atoms with Gasteiger partial charge in [0.05, 0.1) is 12.8 Å². The summed E-state index contributed by atoms with van der Waals surface area (Å²) in [6, 6.07) is 7.63. The summed E-state index contributed by atoms with van der Waals surface area (Å²) in [4.78, 5) is 4.57. The Morgan fingerprint density at radius 1 is 1.19 bits per heavy atom. The Labute approximate surface area is 130 Å². The standard InChI is InChI=1S/C16H22N2O2S/c1-16(2,3)17-9-15-18-12(11-21-15)10-20-14-8-6-5-7-13(14)19-4/h5-8,11,17H,9-10H2,1-4H3. The van der Waals surface area contributed by atoms with E-state index >= 15 is 0 Å². The summed E-state index contributed by atoms with van der Waals surface area (Å²) >= 11 is 1.65. The van der Waals surface area contributed by atoms with E-state index < -0.39 is 0 Å². The molecule has 1 heterocycles. The predicted molar refractivity (Wildman–Crippen MR) is 86.0 cm³/mol. The van der Waals surface area contributed by atoms with Crippen LogP contribution in [-0.2, 0) is 13.2 Å². The van der Waals surface area contributed by atoms with Gasteiger partial charge >= 0.3 is 0 Å². The summed E-state index contributed by atoms with van der Waals surface area (Å²) in [7, 11) is 1.64. The number of nitrogens with one attached hydrogen (secondary N) is 1. The predicted octanol–water partition coefficient (Wildman–Crippen LogP) is 3.62. The van der Waals surface area contributed by atoms with Gasteiger partial charge in [0.2, 0.25) is 0 Å². The molecule has 1 N–H and O–H groups in total. The Hall–Kier alpha value is -1.59. The van der Waals surface area contributed by atoms with Crippen LogP contribution in [0.4, 0.5) is 0 Å². The Morgan fingerprint density at radius 2 is 1.90 bits per heavy atom. The van der Waals surface area contributed by atoms with E-state index in [1.54, 1.807) is 18.4 Å². The molecule has 0 spiro atoms. The monoisotopic (exact) mass is 306 g/mol. The molecule has 0 aliphatic rings. The average Bonchev–Trinajstić information content (AvgIpc) is 2.90. The van der Waals surface area contributed by atoms with E-state index in [2.05, 4.69) is 31.1 Å². The lowest BCUT2D eigenvalue weighted by atomic mass is 10.1. The molecular weight excluding hydrogens is 284 g/mol. The van der Waals surface area contributed by atoms with Gasteiger partial charge in [-0.25, -0.2) is 4.98 Å². The molecule has 5 heteroatoms. The van der Waals surface area contributed by atoms with Crippen molar-refractivity contribution in [2.75, 3.05) is 7.11 Å². The smallest absolute Gasteiger partial charge is 0.161 e. The minimum atomic E-state index is 0.0970. The van der Waals surface area contributed by atoms with Crippen molar-refractivity contribution in [3.05, 3.63) is 40.3 Å². The van der Waals surface area contributed by atoms with Crippen LogP contribution >= 0.6 is 11.3 Å². The number of aromatic nitrogens is 1. The molecule has 0 saturated heterocycles. The molecule has 0 aliphatic carbocycles. The maximum absolute atomic E-state index is 5.77. The zero-order valence-corrected chi connectivity index (χ0v) is 13.8. The summed E-state index contributed by atoms with van der Waals surface area (Å²) in [6.45, 7) is 7.67. The summed E-state index contributed by atoms with van der Waals surface area (Å²) in [6.07, 6.45) is 0. The van der Waals surface area contributed by atoms with Gasteiger partial charge in [-0.1, -0.05) is 12.1 Å². The first-order valence-corrected chi connectivity index (χ1v) is 7.80. The number of hydrogen-bond acceptors (Lipinski definition) is 5. The number of methoxy groups -OCH3 is 1.